The molecule has 0 saturated carbocycles. The Hall–Kier alpha value is -0.860. The van der Waals surface area contributed by atoms with Gasteiger partial charge in [0.2, 0.25) is 0 Å². The summed E-state index contributed by atoms with van der Waals surface area (Å²) >= 11 is 0. The molecular weight excluding hydrogens is 186 g/mol. The Morgan fingerprint density at radius 3 is 2.40 bits per heavy atom. The van der Waals surface area contributed by atoms with Gasteiger partial charge in [0.15, 0.2) is 0 Å². The molecule has 2 rings (SSSR count). The van der Waals surface area contributed by atoms with Crippen molar-refractivity contribution in [3.8, 4) is 0 Å². The van der Waals surface area contributed by atoms with E-state index in [0.717, 1.165) is 39.0 Å². The summed E-state index contributed by atoms with van der Waals surface area (Å²) in [5.41, 5.74) is 7.44. The molecule has 2 heteroatoms. The molecule has 1 heterocycles. The van der Waals surface area contributed by atoms with Crippen LogP contribution < -0.4 is 5.73 Å². The number of hydrogen-bond donors (Lipinski definition) is 1. The van der Waals surface area contributed by atoms with Crippen molar-refractivity contribution in [2.45, 2.75) is 24.7 Å². The van der Waals surface area contributed by atoms with Crippen LogP contribution in [0.2, 0.25) is 0 Å². The van der Waals surface area contributed by atoms with E-state index in [9.17, 15) is 0 Å². The molecule has 1 aromatic rings. The van der Waals surface area contributed by atoms with Gasteiger partial charge >= 0.3 is 0 Å². The standard InChI is InChI=1S/C13H19NO/c14-9-6-13(7-10-15-11-8-13)12-4-2-1-3-5-12/h1-5H,6-11,14H2. The van der Waals surface area contributed by atoms with Gasteiger partial charge < -0.3 is 10.5 Å². The molecule has 2 nitrogen and oxygen atoms in total. The lowest BCUT2D eigenvalue weighted by Crippen LogP contribution is -2.35. The highest BCUT2D eigenvalue weighted by atomic mass is 16.5. The molecule has 1 saturated heterocycles. The van der Waals surface area contributed by atoms with Gasteiger partial charge in [-0.15, -0.1) is 0 Å². The molecule has 1 aliphatic heterocycles. The molecule has 0 bridgehead atoms. The smallest absolute Gasteiger partial charge is 0.0474 e. The van der Waals surface area contributed by atoms with E-state index in [1.54, 1.807) is 0 Å². The van der Waals surface area contributed by atoms with E-state index in [1.165, 1.54) is 5.56 Å². The van der Waals surface area contributed by atoms with Crippen LogP contribution in [0.1, 0.15) is 24.8 Å². The van der Waals surface area contributed by atoms with Crippen molar-refractivity contribution in [1.82, 2.24) is 0 Å². The minimum Gasteiger partial charge on any atom is -0.381 e. The molecule has 0 aliphatic carbocycles. The Morgan fingerprint density at radius 1 is 1.13 bits per heavy atom. The first kappa shape index (κ1) is 10.7. The molecule has 1 aromatic carbocycles. The topological polar surface area (TPSA) is 35.2 Å². The Kier molecular flexibility index (Phi) is 3.39. The van der Waals surface area contributed by atoms with Gasteiger partial charge in [-0.2, -0.15) is 0 Å². The third-order valence-electron chi connectivity index (χ3n) is 3.46. The van der Waals surface area contributed by atoms with E-state index < -0.39 is 0 Å². The van der Waals surface area contributed by atoms with Gasteiger partial charge in [0.05, 0.1) is 0 Å². The van der Waals surface area contributed by atoms with Gasteiger partial charge in [-0.1, -0.05) is 30.3 Å². The minimum atomic E-state index is 0.272. The highest BCUT2D eigenvalue weighted by Crippen LogP contribution is 2.37. The van der Waals surface area contributed by atoms with Crippen molar-refractivity contribution in [1.29, 1.82) is 0 Å². The predicted molar refractivity (Wildman–Crippen MR) is 61.8 cm³/mol. The predicted octanol–water partition coefficient (Wildman–Crippen LogP) is 2.08. The molecule has 82 valence electrons. The van der Waals surface area contributed by atoms with Crippen LogP contribution in [0.4, 0.5) is 0 Å². The van der Waals surface area contributed by atoms with Crippen LogP contribution >= 0.6 is 0 Å². The first-order valence-electron chi connectivity index (χ1n) is 5.71. The van der Waals surface area contributed by atoms with E-state index in [0.29, 0.717) is 0 Å². The van der Waals surface area contributed by atoms with E-state index in [-0.39, 0.29) is 5.41 Å². The summed E-state index contributed by atoms with van der Waals surface area (Å²) in [6, 6.07) is 10.7. The van der Waals surface area contributed by atoms with Crippen molar-refractivity contribution in [2.24, 2.45) is 5.73 Å². The largest absolute Gasteiger partial charge is 0.381 e. The van der Waals surface area contributed by atoms with Gasteiger partial charge in [0.1, 0.15) is 0 Å². The van der Waals surface area contributed by atoms with E-state index >= 15 is 0 Å². The fourth-order valence-corrected chi connectivity index (χ4v) is 2.51. The van der Waals surface area contributed by atoms with Gasteiger partial charge in [0, 0.05) is 18.6 Å². The Bertz CT molecular complexity index is 285. The molecule has 1 fully saturated rings. The summed E-state index contributed by atoms with van der Waals surface area (Å²) in [6.45, 7) is 2.50. The zero-order valence-corrected chi connectivity index (χ0v) is 9.11. The summed E-state index contributed by atoms with van der Waals surface area (Å²) in [5.74, 6) is 0. The van der Waals surface area contributed by atoms with Gasteiger partial charge in [-0.05, 0) is 31.4 Å². The fourth-order valence-electron chi connectivity index (χ4n) is 2.51. The zero-order chi connectivity index (χ0) is 10.6. The molecule has 0 amide bonds. The summed E-state index contributed by atoms with van der Waals surface area (Å²) in [7, 11) is 0. The lowest BCUT2D eigenvalue weighted by Gasteiger charge is -2.37. The highest BCUT2D eigenvalue weighted by Gasteiger charge is 2.33. The Morgan fingerprint density at radius 2 is 1.80 bits per heavy atom. The van der Waals surface area contributed by atoms with Gasteiger partial charge in [-0.3, -0.25) is 0 Å². The van der Waals surface area contributed by atoms with Crippen LogP contribution in [0.5, 0.6) is 0 Å². The number of nitrogens with two attached hydrogens (primary N) is 1. The average Bonchev–Trinajstić information content (AvgIpc) is 2.32. The van der Waals surface area contributed by atoms with Crippen LogP contribution in [0.3, 0.4) is 0 Å². The van der Waals surface area contributed by atoms with Crippen LogP contribution in [-0.2, 0) is 10.2 Å². The minimum absolute atomic E-state index is 0.272. The molecular formula is C13H19NO. The van der Waals surface area contributed by atoms with Crippen molar-refractivity contribution in [2.75, 3.05) is 19.8 Å². The second kappa shape index (κ2) is 4.77. The lowest BCUT2D eigenvalue weighted by molar-refractivity contribution is 0.0477. The molecule has 0 unspecified atom stereocenters. The lowest BCUT2D eigenvalue weighted by atomic mass is 9.72. The number of hydrogen-bond acceptors (Lipinski definition) is 2. The fraction of sp³-hybridized carbons (Fsp3) is 0.538. The Labute approximate surface area is 91.4 Å². The van der Waals surface area contributed by atoms with Crippen molar-refractivity contribution in [3.05, 3.63) is 35.9 Å². The first-order chi connectivity index (χ1) is 7.37. The summed E-state index contributed by atoms with van der Waals surface area (Å²) < 4.78 is 5.45. The highest BCUT2D eigenvalue weighted by molar-refractivity contribution is 5.25. The summed E-state index contributed by atoms with van der Waals surface area (Å²) in [4.78, 5) is 0. The summed E-state index contributed by atoms with van der Waals surface area (Å²) in [6.07, 6.45) is 3.28. The van der Waals surface area contributed by atoms with E-state index in [2.05, 4.69) is 30.3 Å². The molecule has 1 aliphatic rings. The van der Waals surface area contributed by atoms with Crippen LogP contribution in [0, 0.1) is 0 Å². The van der Waals surface area contributed by atoms with E-state index in [4.69, 9.17) is 10.5 Å². The number of ether oxygens (including phenoxy) is 1. The second-order valence-electron chi connectivity index (χ2n) is 4.30. The molecule has 15 heavy (non-hydrogen) atoms. The van der Waals surface area contributed by atoms with Crippen LogP contribution in [0.25, 0.3) is 0 Å². The maximum absolute atomic E-state index is 5.74. The second-order valence-corrected chi connectivity index (χ2v) is 4.30. The first-order valence-corrected chi connectivity index (χ1v) is 5.71. The third-order valence-corrected chi connectivity index (χ3v) is 3.46. The Balaban J connectivity index is 2.25. The van der Waals surface area contributed by atoms with Crippen LogP contribution in [-0.4, -0.2) is 19.8 Å². The van der Waals surface area contributed by atoms with Crippen molar-refractivity contribution < 1.29 is 4.74 Å². The maximum Gasteiger partial charge on any atom is 0.0474 e. The van der Waals surface area contributed by atoms with Crippen molar-refractivity contribution in [3.63, 3.8) is 0 Å². The third kappa shape index (κ3) is 2.21. The molecule has 0 atom stereocenters. The zero-order valence-electron chi connectivity index (χ0n) is 9.11. The monoisotopic (exact) mass is 205 g/mol. The average molecular weight is 205 g/mol. The van der Waals surface area contributed by atoms with E-state index in [1.807, 2.05) is 0 Å². The number of benzene rings is 1. The molecule has 0 spiro atoms. The maximum atomic E-state index is 5.74. The SMILES string of the molecule is NCCC1(c2ccccc2)CCOCC1. The van der Waals surface area contributed by atoms with Crippen molar-refractivity contribution >= 4 is 0 Å². The van der Waals surface area contributed by atoms with Crippen LogP contribution in [0.15, 0.2) is 30.3 Å². The quantitative estimate of drug-likeness (QED) is 0.820. The summed E-state index contributed by atoms with van der Waals surface area (Å²) in [5, 5.41) is 0. The molecule has 0 radical (unpaired) electrons. The van der Waals surface area contributed by atoms with Gasteiger partial charge in [-0.25, -0.2) is 0 Å². The van der Waals surface area contributed by atoms with Gasteiger partial charge in [0.25, 0.3) is 0 Å². The normalized spacial score (nSPS) is 20.1. The number of rotatable bonds is 3. The molecule has 0 aromatic heterocycles. The molecule has 2 N–H and O–H groups in total.